The van der Waals surface area contributed by atoms with Gasteiger partial charge >= 0.3 is 0 Å². The Balaban J connectivity index is 1.74. The van der Waals surface area contributed by atoms with Gasteiger partial charge in [0.2, 0.25) is 5.91 Å². The van der Waals surface area contributed by atoms with Crippen LogP contribution in [0.1, 0.15) is 61.2 Å². The van der Waals surface area contributed by atoms with E-state index >= 15 is 0 Å². The van der Waals surface area contributed by atoms with Crippen LogP contribution >= 0.6 is 11.8 Å². The fraction of sp³-hybridized carbons (Fsp3) is 0.524. The van der Waals surface area contributed by atoms with E-state index in [-0.39, 0.29) is 11.2 Å². The number of amides is 1. The summed E-state index contributed by atoms with van der Waals surface area (Å²) in [6, 6.07) is 6.63. The Morgan fingerprint density at radius 3 is 2.58 bits per heavy atom. The van der Waals surface area contributed by atoms with Crippen molar-refractivity contribution in [3.05, 3.63) is 40.7 Å². The second kappa shape index (κ2) is 7.87. The van der Waals surface area contributed by atoms with Crippen LogP contribution in [0.2, 0.25) is 0 Å². The van der Waals surface area contributed by atoms with E-state index in [2.05, 4.69) is 36.7 Å². The second-order valence-electron chi connectivity index (χ2n) is 7.44. The van der Waals surface area contributed by atoms with E-state index < -0.39 is 0 Å². The van der Waals surface area contributed by atoms with Crippen molar-refractivity contribution in [3.8, 4) is 0 Å². The van der Waals surface area contributed by atoms with Gasteiger partial charge in [-0.3, -0.25) is 4.79 Å². The number of carbonyl (C=O) groups excluding carboxylic acids is 1. The Kier molecular flexibility index (Phi) is 5.76. The fourth-order valence-corrected chi connectivity index (χ4v) is 4.74. The summed E-state index contributed by atoms with van der Waals surface area (Å²) in [6.07, 6.45) is 5.00. The first-order chi connectivity index (χ1) is 12.4. The summed E-state index contributed by atoms with van der Waals surface area (Å²) in [5.74, 6) is 0.0261. The van der Waals surface area contributed by atoms with Crippen LogP contribution in [0.25, 0.3) is 0 Å². The number of hydrogen-bond donors (Lipinski definition) is 1. The number of aryl methyl sites for hydroxylation is 3. The van der Waals surface area contributed by atoms with Crippen molar-refractivity contribution in [3.63, 3.8) is 0 Å². The molecule has 1 N–H and O–H groups in total. The molecule has 1 saturated carbocycles. The minimum Gasteiger partial charge on any atom is -0.325 e. The standard InChI is InChI=1S/C21H29N3OS/c1-13-10-11-19(14(2)12-13)23-20(25)17(5)26-21-22-15(3)16(4)24(21)18-8-6-7-9-18/h10-12,17-18H,6-9H2,1-5H3,(H,23,25). The highest BCUT2D eigenvalue weighted by atomic mass is 32.2. The molecule has 1 aromatic carbocycles. The van der Waals surface area contributed by atoms with Gasteiger partial charge < -0.3 is 9.88 Å². The summed E-state index contributed by atoms with van der Waals surface area (Å²) < 4.78 is 2.37. The summed E-state index contributed by atoms with van der Waals surface area (Å²) in [6.45, 7) is 10.3. The van der Waals surface area contributed by atoms with Gasteiger partial charge in [0.25, 0.3) is 0 Å². The third kappa shape index (κ3) is 3.98. The first-order valence-electron chi connectivity index (χ1n) is 9.47. The van der Waals surface area contributed by atoms with Crippen molar-refractivity contribution < 1.29 is 4.79 Å². The molecule has 3 rings (SSSR count). The molecule has 1 fully saturated rings. The SMILES string of the molecule is Cc1ccc(NC(=O)C(C)Sc2nc(C)c(C)n2C2CCCC2)c(C)c1. The van der Waals surface area contributed by atoms with Gasteiger partial charge in [0, 0.05) is 17.4 Å². The summed E-state index contributed by atoms with van der Waals surface area (Å²) in [4.78, 5) is 17.5. The lowest BCUT2D eigenvalue weighted by atomic mass is 10.1. The highest BCUT2D eigenvalue weighted by Crippen LogP contribution is 2.36. The van der Waals surface area contributed by atoms with E-state index in [1.54, 1.807) is 11.8 Å². The Labute approximate surface area is 160 Å². The first kappa shape index (κ1) is 19.0. The van der Waals surface area contributed by atoms with Gasteiger partial charge in [-0.15, -0.1) is 0 Å². The quantitative estimate of drug-likeness (QED) is 0.721. The average molecular weight is 372 g/mol. The molecule has 1 aromatic heterocycles. The van der Waals surface area contributed by atoms with Gasteiger partial charge in [0.1, 0.15) is 0 Å². The number of nitrogens with zero attached hydrogens (tertiary/aromatic N) is 2. The number of imidazole rings is 1. The molecule has 0 radical (unpaired) electrons. The molecule has 2 aromatic rings. The Hall–Kier alpha value is -1.75. The predicted molar refractivity (Wildman–Crippen MR) is 109 cm³/mol. The van der Waals surface area contributed by atoms with Gasteiger partial charge in [-0.1, -0.05) is 42.3 Å². The molecular weight excluding hydrogens is 342 g/mol. The Morgan fingerprint density at radius 1 is 1.23 bits per heavy atom. The number of rotatable bonds is 5. The highest BCUT2D eigenvalue weighted by molar-refractivity contribution is 8.00. The van der Waals surface area contributed by atoms with E-state index in [9.17, 15) is 4.79 Å². The maximum Gasteiger partial charge on any atom is 0.237 e. The molecule has 1 atom stereocenters. The van der Waals surface area contributed by atoms with Gasteiger partial charge in [-0.05, 0) is 59.1 Å². The maximum atomic E-state index is 12.7. The van der Waals surface area contributed by atoms with Crippen LogP contribution in [-0.4, -0.2) is 20.7 Å². The highest BCUT2D eigenvalue weighted by Gasteiger charge is 2.26. The Bertz CT molecular complexity index is 806. The third-order valence-corrected chi connectivity index (χ3v) is 6.40. The second-order valence-corrected chi connectivity index (χ2v) is 8.75. The van der Waals surface area contributed by atoms with E-state index in [0.29, 0.717) is 6.04 Å². The van der Waals surface area contributed by atoms with Crippen LogP contribution in [0.3, 0.4) is 0 Å². The Morgan fingerprint density at radius 2 is 1.92 bits per heavy atom. The molecule has 4 nitrogen and oxygen atoms in total. The number of anilines is 1. The largest absolute Gasteiger partial charge is 0.325 e. The van der Waals surface area contributed by atoms with Crippen LogP contribution in [-0.2, 0) is 4.79 Å². The average Bonchev–Trinajstić information content (AvgIpc) is 3.19. The number of benzene rings is 1. The molecular formula is C21H29N3OS. The molecule has 0 saturated heterocycles. The summed E-state index contributed by atoms with van der Waals surface area (Å²) >= 11 is 1.57. The molecule has 26 heavy (non-hydrogen) atoms. The molecule has 1 unspecified atom stereocenters. The van der Waals surface area contributed by atoms with Gasteiger partial charge in [0.05, 0.1) is 10.9 Å². The minimum absolute atomic E-state index is 0.0261. The topological polar surface area (TPSA) is 46.9 Å². The number of aromatic nitrogens is 2. The number of carbonyl (C=O) groups is 1. The van der Waals surface area contributed by atoms with Crippen molar-refractivity contribution in [2.24, 2.45) is 0 Å². The monoisotopic (exact) mass is 371 g/mol. The van der Waals surface area contributed by atoms with E-state index in [4.69, 9.17) is 4.98 Å². The molecule has 1 aliphatic carbocycles. The van der Waals surface area contributed by atoms with Crippen molar-refractivity contribution in [2.45, 2.75) is 76.8 Å². The van der Waals surface area contributed by atoms with E-state index in [1.165, 1.54) is 36.9 Å². The smallest absolute Gasteiger partial charge is 0.237 e. The fourth-order valence-electron chi connectivity index (χ4n) is 3.67. The molecule has 1 heterocycles. The molecule has 0 aliphatic heterocycles. The lowest BCUT2D eigenvalue weighted by Gasteiger charge is -2.19. The van der Waals surface area contributed by atoms with E-state index in [0.717, 1.165) is 22.1 Å². The number of hydrogen-bond acceptors (Lipinski definition) is 3. The molecule has 5 heteroatoms. The van der Waals surface area contributed by atoms with Gasteiger partial charge in [0.15, 0.2) is 5.16 Å². The van der Waals surface area contributed by atoms with Gasteiger partial charge in [-0.25, -0.2) is 4.98 Å². The first-order valence-corrected chi connectivity index (χ1v) is 10.3. The molecule has 0 spiro atoms. The summed E-state index contributed by atoms with van der Waals surface area (Å²) in [5.41, 5.74) is 5.49. The lowest BCUT2D eigenvalue weighted by molar-refractivity contribution is -0.115. The molecule has 140 valence electrons. The van der Waals surface area contributed by atoms with Crippen LogP contribution in [0.15, 0.2) is 23.4 Å². The molecule has 1 aliphatic rings. The zero-order valence-electron chi connectivity index (χ0n) is 16.4. The van der Waals surface area contributed by atoms with Crippen LogP contribution in [0, 0.1) is 27.7 Å². The van der Waals surface area contributed by atoms with E-state index in [1.807, 2.05) is 26.0 Å². The maximum absolute atomic E-state index is 12.7. The predicted octanol–water partition coefficient (Wildman–Crippen LogP) is 5.35. The summed E-state index contributed by atoms with van der Waals surface area (Å²) in [5, 5.41) is 3.86. The van der Waals surface area contributed by atoms with Crippen molar-refractivity contribution >= 4 is 23.4 Å². The van der Waals surface area contributed by atoms with Crippen molar-refractivity contribution in [1.29, 1.82) is 0 Å². The van der Waals surface area contributed by atoms with Crippen molar-refractivity contribution in [2.75, 3.05) is 5.32 Å². The number of thioether (sulfide) groups is 1. The molecule has 1 amide bonds. The lowest BCUT2D eigenvalue weighted by Crippen LogP contribution is -2.23. The summed E-state index contributed by atoms with van der Waals surface area (Å²) in [7, 11) is 0. The zero-order valence-corrected chi connectivity index (χ0v) is 17.2. The van der Waals surface area contributed by atoms with Crippen LogP contribution in [0.4, 0.5) is 5.69 Å². The van der Waals surface area contributed by atoms with Crippen LogP contribution in [0.5, 0.6) is 0 Å². The zero-order chi connectivity index (χ0) is 18.8. The van der Waals surface area contributed by atoms with Gasteiger partial charge in [-0.2, -0.15) is 0 Å². The van der Waals surface area contributed by atoms with Crippen molar-refractivity contribution in [1.82, 2.24) is 9.55 Å². The minimum atomic E-state index is -0.197. The normalized spacial score (nSPS) is 16.0. The van der Waals surface area contributed by atoms with Crippen LogP contribution < -0.4 is 5.32 Å². The third-order valence-electron chi connectivity index (χ3n) is 5.34. The molecule has 0 bridgehead atoms. The number of nitrogens with one attached hydrogen (secondary N) is 1.